The summed E-state index contributed by atoms with van der Waals surface area (Å²) in [6, 6.07) is 9.90. The highest BCUT2D eigenvalue weighted by atomic mass is 32.1. The smallest absolute Gasteiger partial charge is 0.328 e. The minimum atomic E-state index is -0.965. The van der Waals surface area contributed by atoms with Crippen molar-refractivity contribution in [2.24, 2.45) is 0 Å². The molecule has 110 valence electrons. The summed E-state index contributed by atoms with van der Waals surface area (Å²) in [5.74, 6) is -0.227. The maximum atomic E-state index is 10.7. The first-order valence-electron chi connectivity index (χ1n) is 6.81. The van der Waals surface area contributed by atoms with E-state index in [1.165, 1.54) is 9.75 Å². The van der Waals surface area contributed by atoms with Crippen molar-refractivity contribution in [3.63, 3.8) is 0 Å². The number of aryl methyl sites for hydroxylation is 2. The molecule has 0 fully saturated rings. The number of para-hydroxylation sites is 1. The topological polar surface area (TPSA) is 46.5 Å². The van der Waals surface area contributed by atoms with Crippen LogP contribution in [0.4, 0.5) is 0 Å². The van der Waals surface area contributed by atoms with Gasteiger partial charge in [-0.15, -0.1) is 11.3 Å². The molecule has 0 unspecified atom stereocenters. The first-order valence-corrected chi connectivity index (χ1v) is 7.62. The number of carboxylic acids is 1. The van der Waals surface area contributed by atoms with E-state index in [1.54, 1.807) is 17.4 Å². The van der Waals surface area contributed by atoms with E-state index in [1.807, 2.05) is 25.1 Å². The Kier molecular flexibility index (Phi) is 5.17. The standard InChI is InChI=1S/C17H18O3S/c1-3-14-8-9-15(21-14)11-20-17-12(2)5-4-6-13(17)7-10-16(18)19/h4-10H,3,11H2,1-2H3,(H,18,19)/b10-7+. The van der Waals surface area contributed by atoms with Gasteiger partial charge in [-0.1, -0.05) is 25.1 Å². The van der Waals surface area contributed by atoms with E-state index in [0.29, 0.717) is 6.61 Å². The number of rotatable bonds is 6. The molecule has 0 saturated heterocycles. The summed E-state index contributed by atoms with van der Waals surface area (Å²) in [5.41, 5.74) is 1.78. The molecule has 1 aromatic carbocycles. The maximum Gasteiger partial charge on any atom is 0.328 e. The van der Waals surface area contributed by atoms with Crippen LogP contribution in [0.5, 0.6) is 5.75 Å². The third-order valence-electron chi connectivity index (χ3n) is 3.07. The van der Waals surface area contributed by atoms with E-state index in [9.17, 15) is 4.79 Å². The number of ether oxygens (including phenoxy) is 1. The summed E-state index contributed by atoms with van der Waals surface area (Å²) in [5, 5.41) is 8.75. The monoisotopic (exact) mass is 302 g/mol. The van der Waals surface area contributed by atoms with Crippen LogP contribution in [0.1, 0.15) is 27.8 Å². The van der Waals surface area contributed by atoms with Crippen LogP contribution in [-0.4, -0.2) is 11.1 Å². The van der Waals surface area contributed by atoms with Crippen molar-refractivity contribution in [3.05, 3.63) is 57.3 Å². The number of thiophene rings is 1. The molecule has 2 aromatic rings. The van der Waals surface area contributed by atoms with Crippen LogP contribution in [0, 0.1) is 6.92 Å². The van der Waals surface area contributed by atoms with E-state index in [-0.39, 0.29) is 0 Å². The molecular formula is C17H18O3S. The van der Waals surface area contributed by atoms with Crippen molar-refractivity contribution in [2.45, 2.75) is 26.9 Å². The molecule has 1 aromatic heterocycles. The molecule has 0 aliphatic carbocycles. The molecule has 0 atom stereocenters. The van der Waals surface area contributed by atoms with Gasteiger partial charge in [0, 0.05) is 21.4 Å². The number of benzene rings is 1. The predicted molar refractivity (Wildman–Crippen MR) is 85.9 cm³/mol. The number of carboxylic acid groups (broad SMARTS) is 1. The van der Waals surface area contributed by atoms with Crippen LogP contribution in [0.3, 0.4) is 0 Å². The normalized spacial score (nSPS) is 11.0. The first kappa shape index (κ1) is 15.3. The van der Waals surface area contributed by atoms with Gasteiger partial charge in [-0.05, 0) is 37.1 Å². The fourth-order valence-electron chi connectivity index (χ4n) is 2.00. The van der Waals surface area contributed by atoms with E-state index < -0.39 is 5.97 Å². The van der Waals surface area contributed by atoms with Gasteiger partial charge >= 0.3 is 5.97 Å². The average Bonchev–Trinajstić information content (AvgIpc) is 2.92. The lowest BCUT2D eigenvalue weighted by atomic mass is 10.1. The molecular weight excluding hydrogens is 284 g/mol. The Bertz CT molecular complexity index is 656. The minimum Gasteiger partial charge on any atom is -0.487 e. The van der Waals surface area contributed by atoms with Crippen molar-refractivity contribution < 1.29 is 14.6 Å². The van der Waals surface area contributed by atoms with Crippen molar-refractivity contribution in [3.8, 4) is 5.75 Å². The quantitative estimate of drug-likeness (QED) is 0.809. The summed E-state index contributed by atoms with van der Waals surface area (Å²) in [7, 11) is 0. The summed E-state index contributed by atoms with van der Waals surface area (Å²) in [4.78, 5) is 13.2. The molecule has 0 saturated carbocycles. The van der Waals surface area contributed by atoms with Gasteiger partial charge < -0.3 is 9.84 Å². The molecule has 21 heavy (non-hydrogen) atoms. The zero-order valence-electron chi connectivity index (χ0n) is 12.1. The highest BCUT2D eigenvalue weighted by molar-refractivity contribution is 7.11. The summed E-state index contributed by atoms with van der Waals surface area (Å²) in [6.07, 6.45) is 3.72. The third-order valence-corrected chi connectivity index (χ3v) is 4.28. The van der Waals surface area contributed by atoms with Gasteiger partial charge in [-0.2, -0.15) is 0 Å². The molecule has 4 heteroatoms. The van der Waals surface area contributed by atoms with Gasteiger partial charge in [-0.3, -0.25) is 0 Å². The van der Waals surface area contributed by atoms with Gasteiger partial charge in [-0.25, -0.2) is 4.79 Å². The maximum absolute atomic E-state index is 10.7. The Balaban J connectivity index is 2.16. The first-order chi connectivity index (χ1) is 10.1. The largest absolute Gasteiger partial charge is 0.487 e. The van der Waals surface area contributed by atoms with Crippen LogP contribution in [0.25, 0.3) is 6.08 Å². The van der Waals surface area contributed by atoms with Crippen LogP contribution in [-0.2, 0) is 17.8 Å². The molecule has 2 rings (SSSR count). The lowest BCUT2D eigenvalue weighted by molar-refractivity contribution is -0.131. The van der Waals surface area contributed by atoms with E-state index in [2.05, 4.69) is 19.1 Å². The molecule has 1 N–H and O–H groups in total. The van der Waals surface area contributed by atoms with E-state index in [0.717, 1.165) is 29.4 Å². The Labute approximate surface area is 128 Å². The van der Waals surface area contributed by atoms with Crippen LogP contribution in [0.2, 0.25) is 0 Å². The predicted octanol–water partition coefficient (Wildman–Crippen LogP) is 4.30. The lowest BCUT2D eigenvalue weighted by Gasteiger charge is -2.11. The number of hydrogen-bond acceptors (Lipinski definition) is 3. The summed E-state index contributed by atoms with van der Waals surface area (Å²) in [6.45, 7) is 4.59. The molecule has 0 aliphatic rings. The Hall–Kier alpha value is -2.07. The summed E-state index contributed by atoms with van der Waals surface area (Å²) < 4.78 is 5.91. The number of aliphatic carboxylic acids is 1. The molecule has 0 aliphatic heterocycles. The minimum absolute atomic E-state index is 0.503. The Morgan fingerprint density at radius 3 is 2.71 bits per heavy atom. The molecule has 0 bridgehead atoms. The SMILES string of the molecule is CCc1ccc(COc2c(C)cccc2/C=C/C(=O)O)s1. The van der Waals surface area contributed by atoms with Crippen LogP contribution in [0.15, 0.2) is 36.4 Å². The van der Waals surface area contributed by atoms with E-state index >= 15 is 0 Å². The molecule has 0 amide bonds. The second kappa shape index (κ2) is 7.09. The zero-order valence-corrected chi connectivity index (χ0v) is 12.9. The number of hydrogen-bond donors (Lipinski definition) is 1. The highest BCUT2D eigenvalue weighted by Crippen LogP contribution is 2.27. The van der Waals surface area contributed by atoms with Gasteiger partial charge in [0.15, 0.2) is 0 Å². The van der Waals surface area contributed by atoms with Crippen molar-refractivity contribution in [1.29, 1.82) is 0 Å². The van der Waals surface area contributed by atoms with Gasteiger partial charge in [0.05, 0.1) is 0 Å². The highest BCUT2D eigenvalue weighted by Gasteiger charge is 2.07. The Morgan fingerprint density at radius 2 is 2.05 bits per heavy atom. The zero-order chi connectivity index (χ0) is 15.2. The van der Waals surface area contributed by atoms with Crippen LogP contribution >= 0.6 is 11.3 Å². The van der Waals surface area contributed by atoms with Gasteiger partial charge in [0.25, 0.3) is 0 Å². The third kappa shape index (κ3) is 4.20. The van der Waals surface area contributed by atoms with Crippen molar-refractivity contribution in [1.82, 2.24) is 0 Å². The molecule has 3 nitrogen and oxygen atoms in total. The average molecular weight is 302 g/mol. The van der Waals surface area contributed by atoms with Crippen molar-refractivity contribution >= 4 is 23.4 Å². The van der Waals surface area contributed by atoms with Gasteiger partial charge in [0.1, 0.15) is 12.4 Å². The van der Waals surface area contributed by atoms with E-state index in [4.69, 9.17) is 9.84 Å². The Morgan fingerprint density at radius 1 is 1.29 bits per heavy atom. The second-order valence-corrected chi connectivity index (χ2v) is 5.93. The lowest BCUT2D eigenvalue weighted by Crippen LogP contribution is -1.97. The molecule has 0 spiro atoms. The second-order valence-electron chi connectivity index (χ2n) is 4.68. The fraction of sp³-hybridized carbons (Fsp3) is 0.235. The van der Waals surface area contributed by atoms with Gasteiger partial charge in [0.2, 0.25) is 0 Å². The molecule has 1 heterocycles. The number of carbonyl (C=O) groups is 1. The fourth-order valence-corrected chi connectivity index (χ4v) is 2.87. The summed E-state index contributed by atoms with van der Waals surface area (Å²) >= 11 is 1.74. The molecule has 0 radical (unpaired) electrons. The van der Waals surface area contributed by atoms with Crippen LogP contribution < -0.4 is 4.74 Å². The van der Waals surface area contributed by atoms with Crippen molar-refractivity contribution in [2.75, 3.05) is 0 Å².